The SMILES string of the molecule is CCC(O)C1CC(=O)O1. The molecule has 0 aromatic carbocycles. The molecule has 0 aliphatic carbocycles. The average molecular weight is 130 g/mol. The first kappa shape index (κ1) is 6.55. The number of hydrogen-bond donors (Lipinski definition) is 1. The molecule has 52 valence electrons. The van der Waals surface area contributed by atoms with E-state index in [-0.39, 0.29) is 12.1 Å². The van der Waals surface area contributed by atoms with Crippen molar-refractivity contribution in [3.8, 4) is 0 Å². The van der Waals surface area contributed by atoms with Crippen LogP contribution < -0.4 is 0 Å². The van der Waals surface area contributed by atoms with Crippen LogP contribution in [0.5, 0.6) is 0 Å². The molecule has 3 heteroatoms. The van der Waals surface area contributed by atoms with Gasteiger partial charge in [-0.15, -0.1) is 0 Å². The maximum absolute atomic E-state index is 10.2. The Morgan fingerprint density at radius 2 is 2.56 bits per heavy atom. The second-order valence-electron chi connectivity index (χ2n) is 2.21. The van der Waals surface area contributed by atoms with E-state index in [9.17, 15) is 4.79 Å². The number of carbonyl (C=O) groups is 1. The minimum absolute atomic E-state index is 0.201. The number of cyclic esters (lactones) is 1. The summed E-state index contributed by atoms with van der Waals surface area (Å²) in [4.78, 5) is 10.2. The highest BCUT2D eigenvalue weighted by molar-refractivity contribution is 5.75. The fraction of sp³-hybridized carbons (Fsp3) is 0.833. The summed E-state index contributed by atoms with van der Waals surface area (Å²) in [7, 11) is 0. The molecule has 0 spiro atoms. The molecule has 2 atom stereocenters. The molecule has 3 nitrogen and oxygen atoms in total. The Kier molecular flexibility index (Phi) is 1.71. The van der Waals surface area contributed by atoms with Gasteiger partial charge < -0.3 is 9.84 Å². The van der Waals surface area contributed by atoms with E-state index in [0.717, 1.165) is 0 Å². The van der Waals surface area contributed by atoms with Gasteiger partial charge in [-0.05, 0) is 6.42 Å². The normalized spacial score (nSPS) is 28.7. The summed E-state index contributed by atoms with van der Waals surface area (Å²) in [6.07, 6.45) is 0.359. The van der Waals surface area contributed by atoms with Crippen molar-refractivity contribution in [2.45, 2.75) is 32.0 Å². The van der Waals surface area contributed by atoms with Crippen LogP contribution in [0.1, 0.15) is 19.8 Å². The van der Waals surface area contributed by atoms with Crippen molar-refractivity contribution in [1.29, 1.82) is 0 Å². The van der Waals surface area contributed by atoms with E-state index in [1.807, 2.05) is 6.92 Å². The van der Waals surface area contributed by atoms with Gasteiger partial charge in [-0.3, -0.25) is 4.79 Å². The Morgan fingerprint density at radius 1 is 2.00 bits per heavy atom. The lowest BCUT2D eigenvalue weighted by molar-refractivity contribution is -0.180. The molecule has 0 saturated carbocycles. The smallest absolute Gasteiger partial charge is 0.310 e. The van der Waals surface area contributed by atoms with Crippen molar-refractivity contribution in [3.63, 3.8) is 0 Å². The summed E-state index contributed by atoms with van der Waals surface area (Å²) in [5.41, 5.74) is 0. The Morgan fingerprint density at radius 3 is 2.89 bits per heavy atom. The van der Waals surface area contributed by atoms with Crippen molar-refractivity contribution < 1.29 is 14.6 Å². The Bertz CT molecular complexity index is 113. The Labute approximate surface area is 53.6 Å². The van der Waals surface area contributed by atoms with Gasteiger partial charge in [-0.2, -0.15) is 0 Å². The van der Waals surface area contributed by atoms with Crippen molar-refractivity contribution in [2.75, 3.05) is 0 Å². The second kappa shape index (κ2) is 2.35. The Balaban J connectivity index is 2.23. The lowest BCUT2D eigenvalue weighted by Crippen LogP contribution is -2.41. The number of hydrogen-bond acceptors (Lipinski definition) is 3. The number of rotatable bonds is 2. The molecule has 0 bridgehead atoms. The van der Waals surface area contributed by atoms with E-state index in [1.165, 1.54) is 0 Å². The summed E-state index contributed by atoms with van der Waals surface area (Å²) < 4.78 is 4.60. The summed E-state index contributed by atoms with van der Waals surface area (Å²) in [5, 5.41) is 9.02. The summed E-state index contributed by atoms with van der Waals surface area (Å²) in [5.74, 6) is -0.201. The maximum atomic E-state index is 10.2. The first-order valence-corrected chi connectivity index (χ1v) is 3.11. The molecule has 0 aromatic heterocycles. The third-order valence-corrected chi connectivity index (χ3v) is 1.50. The number of aliphatic hydroxyl groups is 1. The van der Waals surface area contributed by atoms with Crippen molar-refractivity contribution in [2.24, 2.45) is 0 Å². The lowest BCUT2D eigenvalue weighted by Gasteiger charge is -2.28. The molecule has 1 aliphatic heterocycles. The van der Waals surface area contributed by atoms with Gasteiger partial charge >= 0.3 is 5.97 Å². The van der Waals surface area contributed by atoms with Crippen LogP contribution in [-0.2, 0) is 9.53 Å². The van der Waals surface area contributed by atoms with Gasteiger partial charge in [0.25, 0.3) is 0 Å². The number of esters is 1. The van der Waals surface area contributed by atoms with Crippen LogP contribution in [-0.4, -0.2) is 23.3 Å². The van der Waals surface area contributed by atoms with Gasteiger partial charge in [0, 0.05) is 0 Å². The largest absolute Gasteiger partial charge is 0.459 e. The zero-order valence-corrected chi connectivity index (χ0v) is 5.33. The molecular formula is C6H10O3. The van der Waals surface area contributed by atoms with Crippen LogP contribution in [0.4, 0.5) is 0 Å². The number of aliphatic hydroxyl groups excluding tert-OH is 1. The first-order valence-electron chi connectivity index (χ1n) is 3.11. The predicted octanol–water partition coefficient (Wildman–Crippen LogP) is 0.0728. The molecule has 1 N–H and O–H groups in total. The molecule has 9 heavy (non-hydrogen) atoms. The van der Waals surface area contributed by atoms with E-state index < -0.39 is 6.10 Å². The second-order valence-corrected chi connectivity index (χ2v) is 2.21. The minimum atomic E-state index is -0.456. The quantitative estimate of drug-likeness (QED) is 0.538. The molecule has 1 heterocycles. The van der Waals surface area contributed by atoms with E-state index in [2.05, 4.69) is 4.74 Å². The molecule has 2 unspecified atom stereocenters. The average Bonchev–Trinajstić information content (AvgIpc) is 1.79. The molecule has 1 rings (SSSR count). The molecule has 1 fully saturated rings. The minimum Gasteiger partial charge on any atom is -0.459 e. The first-order chi connectivity index (χ1) is 4.24. The van der Waals surface area contributed by atoms with Gasteiger partial charge in [-0.25, -0.2) is 0 Å². The van der Waals surface area contributed by atoms with E-state index in [0.29, 0.717) is 12.8 Å². The van der Waals surface area contributed by atoms with Crippen LogP contribution >= 0.6 is 0 Å². The Hall–Kier alpha value is -0.570. The third kappa shape index (κ3) is 1.21. The zero-order valence-electron chi connectivity index (χ0n) is 5.33. The number of carbonyl (C=O) groups excluding carboxylic acids is 1. The van der Waals surface area contributed by atoms with Gasteiger partial charge in [-0.1, -0.05) is 6.92 Å². The lowest BCUT2D eigenvalue weighted by atomic mass is 10.0. The maximum Gasteiger partial charge on any atom is 0.310 e. The zero-order chi connectivity index (χ0) is 6.85. The molecule has 1 saturated heterocycles. The highest BCUT2D eigenvalue weighted by atomic mass is 16.6. The molecule has 0 aromatic rings. The van der Waals surface area contributed by atoms with E-state index >= 15 is 0 Å². The summed E-state index contributed by atoms with van der Waals surface area (Å²) in [6.45, 7) is 1.86. The fourth-order valence-corrected chi connectivity index (χ4v) is 0.801. The van der Waals surface area contributed by atoms with Crippen LogP contribution in [0, 0.1) is 0 Å². The van der Waals surface area contributed by atoms with Gasteiger partial charge in [0.05, 0.1) is 12.5 Å². The van der Waals surface area contributed by atoms with Crippen LogP contribution in [0.3, 0.4) is 0 Å². The van der Waals surface area contributed by atoms with Crippen molar-refractivity contribution in [1.82, 2.24) is 0 Å². The highest BCUT2D eigenvalue weighted by Gasteiger charge is 2.33. The van der Waals surface area contributed by atoms with E-state index in [1.54, 1.807) is 0 Å². The van der Waals surface area contributed by atoms with Crippen LogP contribution in [0.2, 0.25) is 0 Å². The highest BCUT2D eigenvalue weighted by Crippen LogP contribution is 2.18. The predicted molar refractivity (Wildman–Crippen MR) is 30.8 cm³/mol. The third-order valence-electron chi connectivity index (χ3n) is 1.50. The molecule has 1 aliphatic rings. The topological polar surface area (TPSA) is 46.5 Å². The molecular weight excluding hydrogens is 120 g/mol. The van der Waals surface area contributed by atoms with Crippen LogP contribution in [0.15, 0.2) is 0 Å². The summed E-state index contributed by atoms with van der Waals surface area (Å²) >= 11 is 0. The van der Waals surface area contributed by atoms with Gasteiger partial charge in [0.1, 0.15) is 6.10 Å². The van der Waals surface area contributed by atoms with E-state index in [4.69, 9.17) is 5.11 Å². The fourth-order valence-electron chi connectivity index (χ4n) is 0.801. The standard InChI is InChI=1S/C6H10O3/c1-2-4(7)5-3-6(8)9-5/h4-5,7H,2-3H2,1H3. The molecule has 0 amide bonds. The monoisotopic (exact) mass is 130 g/mol. The van der Waals surface area contributed by atoms with Crippen molar-refractivity contribution >= 4 is 5.97 Å². The summed E-state index contributed by atoms with van der Waals surface area (Å²) in [6, 6.07) is 0. The van der Waals surface area contributed by atoms with Crippen molar-refractivity contribution in [3.05, 3.63) is 0 Å². The van der Waals surface area contributed by atoms with Crippen LogP contribution in [0.25, 0.3) is 0 Å². The number of ether oxygens (including phenoxy) is 1. The van der Waals surface area contributed by atoms with Gasteiger partial charge in [0.2, 0.25) is 0 Å². The van der Waals surface area contributed by atoms with Gasteiger partial charge in [0.15, 0.2) is 0 Å². The molecule has 0 radical (unpaired) electrons.